The van der Waals surface area contributed by atoms with E-state index in [9.17, 15) is 55.3 Å². The number of piperidine rings is 2. The second-order valence-corrected chi connectivity index (χ2v) is 28.1. The first-order valence-electron chi connectivity index (χ1n) is 33.2. The van der Waals surface area contributed by atoms with Crippen LogP contribution >= 0.6 is 22.7 Å². The minimum absolute atomic E-state index is 0.0123. The van der Waals surface area contributed by atoms with Crippen molar-refractivity contribution >= 4 is 164 Å². The number of ether oxygens (including phenoxy) is 2. The van der Waals surface area contributed by atoms with E-state index in [1.165, 1.54) is 76.6 Å². The number of carbonyl (C=O) groups is 4. The number of thiazole rings is 2. The van der Waals surface area contributed by atoms with Gasteiger partial charge >= 0.3 is 0 Å². The van der Waals surface area contributed by atoms with Crippen molar-refractivity contribution < 1.29 is 64.8 Å². The van der Waals surface area contributed by atoms with Gasteiger partial charge in [-0.05, 0) is 129 Å². The molecule has 0 bridgehead atoms. The zero-order valence-electron chi connectivity index (χ0n) is 58.1. The molecule has 36 heteroatoms. The average Bonchev–Trinajstić information content (AvgIpc) is 1.58. The highest BCUT2D eigenvalue weighted by Gasteiger charge is 2.29. The number of hydrogen-bond donors (Lipinski definition) is 8. The third kappa shape index (κ3) is 19.4. The number of rotatable bonds is 33. The molecule has 7 aromatic rings. The number of carbonyl (C=O) groups excluding carboxylic acids is 4. The fourth-order valence-electron chi connectivity index (χ4n) is 11.5. The van der Waals surface area contributed by atoms with E-state index in [1.54, 1.807) is 29.2 Å². The molecule has 32 nitrogen and oxygen atoms in total. The summed E-state index contributed by atoms with van der Waals surface area (Å²) < 4.78 is 80.9. The predicted molar refractivity (Wildman–Crippen MR) is 398 cm³/mol. The van der Waals surface area contributed by atoms with Crippen LogP contribution in [0.2, 0.25) is 0 Å². The number of aliphatic hydroxyl groups is 2. The molecule has 2 fully saturated rings. The summed E-state index contributed by atoms with van der Waals surface area (Å²) in [5.41, 5.74) is 1.18. The van der Waals surface area contributed by atoms with Crippen LogP contribution < -0.4 is 55.2 Å². The molecular formula is C67H82N18O14S4. The van der Waals surface area contributed by atoms with Crippen LogP contribution in [0.15, 0.2) is 114 Å². The SMILES string of the molecule is CCN(CC)c1cc(Nc2nc(Nc3cc(N(CC)CC)c(OC)cc3N=Nc3nc(N4CCCCC4)c(C=C(C(C)=O)C(=O)Nc4ccccc4S(=O)(=O)O)s3)nc(N(CCO)CCO)n2)c(N=Nc2nc(N3CCCCC3)c(C=C(C(C)=O)C(=O)Nc3ccccc3S(=O)(=O)O)s2)cc1OC. The first kappa shape index (κ1) is 77.2. The third-order valence-electron chi connectivity index (χ3n) is 16.6. The van der Waals surface area contributed by atoms with Crippen molar-refractivity contribution in [2.24, 2.45) is 20.5 Å². The second kappa shape index (κ2) is 35.3. The van der Waals surface area contributed by atoms with Gasteiger partial charge in [0.1, 0.15) is 44.3 Å². The van der Waals surface area contributed by atoms with E-state index in [-0.39, 0.29) is 88.3 Å². The smallest absolute Gasteiger partial charge is 0.296 e. The monoisotopic (exact) mass is 1490 g/mol. The number of azo groups is 2. The predicted octanol–water partition coefficient (Wildman–Crippen LogP) is 11.3. The lowest BCUT2D eigenvalue weighted by atomic mass is 10.1. The average molecular weight is 1490 g/mol. The lowest BCUT2D eigenvalue weighted by molar-refractivity contribution is -0.120. The molecule has 5 heterocycles. The van der Waals surface area contributed by atoms with Crippen molar-refractivity contribution in [3.63, 3.8) is 0 Å². The summed E-state index contributed by atoms with van der Waals surface area (Å²) in [5.74, 6) is -1.54. The Kier molecular flexibility index (Phi) is 26.5. The number of aromatic nitrogens is 5. The van der Waals surface area contributed by atoms with Crippen LogP contribution in [0, 0.1) is 0 Å². The molecule has 4 aromatic carbocycles. The van der Waals surface area contributed by atoms with E-state index in [0.29, 0.717) is 108 Å². The fraction of sp³-hybridized carbons (Fsp3) is 0.388. The quantitative estimate of drug-likeness (QED) is 0.00623. The van der Waals surface area contributed by atoms with Crippen LogP contribution in [0.5, 0.6) is 11.5 Å². The van der Waals surface area contributed by atoms with E-state index >= 15 is 0 Å². The Morgan fingerprint density at radius 1 is 0.534 bits per heavy atom. The highest BCUT2D eigenvalue weighted by molar-refractivity contribution is 7.86. The van der Waals surface area contributed by atoms with Gasteiger partial charge < -0.3 is 65.5 Å². The Morgan fingerprint density at radius 3 is 1.25 bits per heavy atom. The van der Waals surface area contributed by atoms with Gasteiger partial charge in [-0.25, -0.2) is 0 Å². The first-order valence-corrected chi connectivity index (χ1v) is 37.7. The summed E-state index contributed by atoms with van der Waals surface area (Å²) in [4.78, 5) is 88.2. The number of benzene rings is 4. The molecule has 9 rings (SSSR count). The number of aliphatic hydroxyl groups excluding tert-OH is 2. The summed E-state index contributed by atoms with van der Waals surface area (Å²) in [5, 5.41) is 51.4. The second-order valence-electron chi connectivity index (χ2n) is 23.3. The van der Waals surface area contributed by atoms with E-state index in [1.807, 2.05) is 37.5 Å². The van der Waals surface area contributed by atoms with Crippen molar-refractivity contribution in [3.8, 4) is 11.5 Å². The van der Waals surface area contributed by atoms with Crippen molar-refractivity contribution in [1.82, 2.24) is 24.9 Å². The summed E-state index contributed by atoms with van der Waals surface area (Å²) >= 11 is 2.08. The molecule has 103 heavy (non-hydrogen) atoms. The van der Waals surface area contributed by atoms with Gasteiger partial charge in [-0.1, -0.05) is 46.9 Å². The highest BCUT2D eigenvalue weighted by Crippen LogP contribution is 2.45. The van der Waals surface area contributed by atoms with Crippen LogP contribution in [0.3, 0.4) is 0 Å². The van der Waals surface area contributed by atoms with Gasteiger partial charge in [0.2, 0.25) is 28.1 Å². The van der Waals surface area contributed by atoms with Crippen molar-refractivity contribution in [2.75, 3.05) is 139 Å². The Labute approximate surface area is 604 Å². The number of Topliss-reactive ketones (excluding diaryl/α,β-unsaturated/α-hetero) is 2. The Morgan fingerprint density at radius 2 is 0.913 bits per heavy atom. The maximum atomic E-state index is 13.9. The van der Waals surface area contributed by atoms with Crippen LogP contribution in [0.1, 0.15) is 89.8 Å². The normalized spacial score (nSPS) is 13.9. The number of nitrogens with one attached hydrogen (secondary N) is 4. The van der Waals surface area contributed by atoms with Crippen molar-refractivity contribution in [1.29, 1.82) is 0 Å². The van der Waals surface area contributed by atoms with E-state index in [4.69, 9.17) is 44.6 Å². The molecule has 2 aliphatic rings. The standard InChI is InChI=1S/C67H82N18O14S4/c1-9-81(10-2)51-37-47(49(39-53(51)98-7)77-79-66-72-59(83-27-19-13-20-28-83)55(100-66)35-43(41(5)88)61(90)68-45-23-15-17-25-57(45)102(92,93)94)70-63-74-64(76-65(75-63)85(31-33-86)32-34-87)71-48-38-52(82(11-3)12-4)54(99-8)40-50(48)78-80-67-73-60(84-29-21-14-22-30-84)56(101-67)36-44(42(6)89)62(91)69-46-24-16-18-26-58(46)103(95,96)97/h15-18,23-26,35-40,86-87H,9-14,19-22,27-34H2,1-8H3,(H,68,90)(H,69,91)(H,92,93,94)(H,95,96,97)(H2,70,71,74,75,76). The number of methoxy groups -OCH3 is 2. The van der Waals surface area contributed by atoms with Gasteiger partial charge in [0, 0.05) is 77.6 Å². The zero-order valence-corrected chi connectivity index (χ0v) is 61.3. The van der Waals surface area contributed by atoms with Crippen LogP contribution in [0.25, 0.3) is 12.2 Å². The summed E-state index contributed by atoms with van der Waals surface area (Å²) in [7, 11) is -6.49. The Hall–Kier alpha value is -9.95. The zero-order chi connectivity index (χ0) is 74.1. The molecule has 2 amide bonds. The fourth-order valence-corrected chi connectivity index (χ4v) is 14.5. The Bertz CT molecular complexity index is 4320. The van der Waals surface area contributed by atoms with Crippen LogP contribution in [-0.2, 0) is 39.4 Å². The first-order chi connectivity index (χ1) is 49.4. The summed E-state index contributed by atoms with van der Waals surface area (Å²) in [6, 6.07) is 17.4. The van der Waals surface area contributed by atoms with Crippen LogP contribution in [-0.4, -0.2) is 177 Å². The highest BCUT2D eigenvalue weighted by atomic mass is 32.2. The Balaban J connectivity index is 1.14. The molecule has 8 N–H and O–H groups in total. The molecule has 2 aliphatic heterocycles. The van der Waals surface area contributed by atoms with Gasteiger partial charge in [-0.3, -0.25) is 28.3 Å². The largest absolute Gasteiger partial charge is 0.494 e. The molecule has 0 saturated carbocycles. The van der Waals surface area contributed by atoms with Crippen molar-refractivity contribution in [3.05, 3.63) is 93.7 Å². The van der Waals surface area contributed by atoms with E-state index in [2.05, 4.69) is 41.3 Å². The summed E-state index contributed by atoms with van der Waals surface area (Å²) in [6.45, 7) is 14.3. The lowest BCUT2D eigenvalue weighted by Gasteiger charge is -2.27. The number of nitrogens with zero attached hydrogens (tertiary/aromatic N) is 14. The van der Waals surface area contributed by atoms with Crippen molar-refractivity contribution in [2.45, 2.75) is 89.9 Å². The minimum atomic E-state index is -4.77. The maximum Gasteiger partial charge on any atom is 0.296 e. The van der Waals surface area contributed by atoms with Gasteiger partial charge in [0.25, 0.3) is 32.1 Å². The number of amides is 2. The molecule has 2 saturated heterocycles. The van der Waals surface area contributed by atoms with Gasteiger partial charge in [0.15, 0.2) is 11.6 Å². The molecule has 3 aromatic heterocycles. The maximum absolute atomic E-state index is 13.9. The van der Waals surface area contributed by atoms with Gasteiger partial charge in [-0.15, -0.1) is 20.5 Å². The summed E-state index contributed by atoms with van der Waals surface area (Å²) in [6.07, 6.45) is 8.04. The van der Waals surface area contributed by atoms with E-state index < -0.39 is 53.4 Å². The number of ketones is 2. The van der Waals surface area contributed by atoms with E-state index in [0.717, 1.165) is 73.3 Å². The topological polar surface area (TPSA) is 414 Å². The third-order valence-corrected chi connectivity index (χ3v) is 20.2. The molecule has 0 atom stereocenters. The number of hydrogen-bond acceptors (Lipinski definition) is 30. The molecule has 548 valence electrons. The molecular weight excluding hydrogens is 1410 g/mol. The lowest BCUT2D eigenvalue weighted by Crippen LogP contribution is -2.31. The minimum Gasteiger partial charge on any atom is -0.494 e. The van der Waals surface area contributed by atoms with Crippen LogP contribution in [0.4, 0.5) is 85.2 Å². The number of para-hydroxylation sites is 2. The molecule has 0 spiro atoms. The molecule has 0 radical (unpaired) electrons. The molecule has 0 aliphatic carbocycles. The molecule has 0 unspecified atom stereocenters. The van der Waals surface area contributed by atoms with Gasteiger partial charge in [0.05, 0.1) is 82.5 Å². The van der Waals surface area contributed by atoms with Gasteiger partial charge in [-0.2, -0.15) is 41.8 Å². The number of anilines is 11.